The lowest BCUT2D eigenvalue weighted by Crippen LogP contribution is -2.10. The van der Waals surface area contributed by atoms with E-state index in [9.17, 15) is 18.0 Å². The Morgan fingerprint density at radius 3 is 2.73 bits per heavy atom. The van der Waals surface area contributed by atoms with Crippen molar-refractivity contribution in [2.24, 2.45) is 0 Å². The molecule has 5 N–H and O–H groups in total. The molecular weight excluding hydrogens is 405 g/mol. The number of halogens is 3. The van der Waals surface area contributed by atoms with Gasteiger partial charge < -0.3 is 10.2 Å². The molecule has 3 aromatic heterocycles. The highest BCUT2D eigenvalue weighted by Gasteiger charge is 2.36. The molecular formula is C17H13F3N8O2. The van der Waals surface area contributed by atoms with Gasteiger partial charge in [-0.05, 0) is 19.1 Å². The summed E-state index contributed by atoms with van der Waals surface area (Å²) in [6, 6.07) is 3.68. The Hall–Kier alpha value is -3.87. The average molecular weight is 418 g/mol. The molecule has 0 saturated carbocycles. The van der Waals surface area contributed by atoms with Crippen LogP contribution >= 0.6 is 0 Å². The van der Waals surface area contributed by atoms with Crippen molar-refractivity contribution in [2.75, 3.05) is 5.32 Å². The number of rotatable bonds is 3. The second-order valence-electron chi connectivity index (χ2n) is 6.68. The number of nitrogens with one attached hydrogen (secondary N) is 5. The van der Waals surface area contributed by atoms with E-state index in [0.29, 0.717) is 11.5 Å². The highest BCUT2D eigenvalue weighted by Crippen LogP contribution is 2.40. The van der Waals surface area contributed by atoms with Crippen LogP contribution in [0.25, 0.3) is 22.3 Å². The highest BCUT2D eigenvalue weighted by molar-refractivity contribution is 5.85. The first-order valence-electron chi connectivity index (χ1n) is 8.71. The van der Waals surface area contributed by atoms with E-state index in [2.05, 4.69) is 41.2 Å². The summed E-state index contributed by atoms with van der Waals surface area (Å²) in [6.45, 7) is 1.97. The summed E-state index contributed by atoms with van der Waals surface area (Å²) in [6.07, 6.45) is -4.69. The second-order valence-corrected chi connectivity index (χ2v) is 6.68. The van der Waals surface area contributed by atoms with E-state index in [1.807, 2.05) is 0 Å². The number of fused-ring (bicyclic) bond motifs is 2. The summed E-state index contributed by atoms with van der Waals surface area (Å²) >= 11 is 0. The van der Waals surface area contributed by atoms with Crippen molar-refractivity contribution in [1.82, 2.24) is 35.8 Å². The molecule has 0 bridgehead atoms. The van der Waals surface area contributed by atoms with Gasteiger partial charge in [0.05, 0.1) is 23.0 Å². The number of nitrogens with zero attached hydrogens (tertiary/aromatic N) is 3. The number of hydroxylamine groups is 1. The summed E-state index contributed by atoms with van der Waals surface area (Å²) in [5, 5.41) is 14.5. The molecule has 1 aliphatic rings. The first kappa shape index (κ1) is 18.2. The van der Waals surface area contributed by atoms with Crippen molar-refractivity contribution < 1.29 is 18.0 Å². The van der Waals surface area contributed by atoms with Crippen LogP contribution in [0.5, 0.6) is 5.75 Å². The highest BCUT2D eigenvalue weighted by atomic mass is 19.4. The van der Waals surface area contributed by atoms with Crippen molar-refractivity contribution in [3.8, 4) is 17.1 Å². The van der Waals surface area contributed by atoms with Crippen LogP contribution in [-0.4, -0.2) is 30.4 Å². The van der Waals surface area contributed by atoms with Crippen LogP contribution in [0.4, 0.5) is 24.8 Å². The van der Waals surface area contributed by atoms with Crippen LogP contribution in [0.15, 0.2) is 23.0 Å². The SMILES string of the molecule is Cc1cc(Nc2nc(-c3cc4c(=O)[nH][nH]c4cc3C(F)(F)F)nc3c2ONC3)n[nH]1. The summed E-state index contributed by atoms with van der Waals surface area (Å²) in [5.41, 5.74) is 1.96. The zero-order valence-electron chi connectivity index (χ0n) is 15.2. The Kier molecular flexibility index (Phi) is 3.83. The largest absolute Gasteiger partial charge is 0.417 e. The Labute approximate surface area is 164 Å². The van der Waals surface area contributed by atoms with Gasteiger partial charge in [-0.25, -0.2) is 9.97 Å². The maximum atomic E-state index is 13.8. The van der Waals surface area contributed by atoms with E-state index in [1.54, 1.807) is 13.0 Å². The quantitative estimate of drug-likeness (QED) is 0.345. The molecule has 0 unspecified atom stereocenters. The fourth-order valence-electron chi connectivity index (χ4n) is 3.21. The molecule has 0 amide bonds. The van der Waals surface area contributed by atoms with Crippen molar-refractivity contribution in [2.45, 2.75) is 19.6 Å². The van der Waals surface area contributed by atoms with Crippen LogP contribution in [0.2, 0.25) is 0 Å². The molecule has 4 aromatic rings. The summed E-state index contributed by atoms with van der Waals surface area (Å²) < 4.78 is 41.3. The lowest BCUT2D eigenvalue weighted by molar-refractivity contribution is -0.137. The molecule has 13 heteroatoms. The lowest BCUT2D eigenvalue weighted by atomic mass is 10.0. The monoisotopic (exact) mass is 418 g/mol. The third-order valence-electron chi connectivity index (χ3n) is 4.56. The third-order valence-corrected chi connectivity index (χ3v) is 4.56. The average Bonchev–Trinajstić information content (AvgIpc) is 3.41. The minimum absolute atomic E-state index is 0.0348. The van der Waals surface area contributed by atoms with E-state index in [4.69, 9.17) is 4.84 Å². The number of aromatic amines is 3. The molecule has 1 aromatic carbocycles. The zero-order valence-corrected chi connectivity index (χ0v) is 15.2. The molecule has 0 atom stereocenters. The van der Waals surface area contributed by atoms with Crippen LogP contribution in [0.3, 0.4) is 0 Å². The maximum absolute atomic E-state index is 13.8. The topological polar surface area (TPSA) is 136 Å². The Bertz CT molecular complexity index is 1340. The van der Waals surface area contributed by atoms with Crippen LogP contribution < -0.4 is 21.2 Å². The van der Waals surface area contributed by atoms with Crippen molar-refractivity contribution in [1.29, 1.82) is 0 Å². The van der Waals surface area contributed by atoms with E-state index >= 15 is 0 Å². The number of hydrogen-bond donors (Lipinski definition) is 5. The van der Waals surface area contributed by atoms with Gasteiger partial charge in [-0.2, -0.15) is 23.8 Å². The first-order valence-corrected chi connectivity index (χ1v) is 8.71. The number of hydrogen-bond acceptors (Lipinski definition) is 7. The normalized spacial score (nSPS) is 13.5. The number of aryl methyl sites for hydroxylation is 1. The van der Waals surface area contributed by atoms with E-state index in [0.717, 1.165) is 17.8 Å². The molecule has 5 rings (SSSR count). The number of aromatic nitrogens is 6. The van der Waals surface area contributed by atoms with Crippen LogP contribution in [-0.2, 0) is 12.7 Å². The van der Waals surface area contributed by atoms with Gasteiger partial charge in [0.25, 0.3) is 5.56 Å². The van der Waals surface area contributed by atoms with E-state index in [1.165, 1.54) is 0 Å². The molecule has 1 aliphatic heterocycles. The summed E-state index contributed by atoms with van der Waals surface area (Å²) in [4.78, 5) is 25.8. The lowest BCUT2D eigenvalue weighted by Gasteiger charge is -2.14. The molecule has 10 nitrogen and oxygen atoms in total. The van der Waals surface area contributed by atoms with Crippen molar-refractivity contribution in [3.05, 3.63) is 45.5 Å². The fourth-order valence-corrected chi connectivity index (χ4v) is 3.21. The standard InChI is InChI=1S/C17H13F3N8O2/c1-6-2-12(27-25-6)23-15-13-11(5-21-30-13)22-14(24-15)7-3-8-10(26-28-16(8)29)4-9(7)17(18,19)20/h2-4,21H,5H2,1H3,(H2,26,28,29)(H2,22,23,24,25,27). The number of anilines is 2. The van der Waals surface area contributed by atoms with Gasteiger partial charge in [-0.3, -0.25) is 20.1 Å². The van der Waals surface area contributed by atoms with Gasteiger partial charge >= 0.3 is 6.18 Å². The van der Waals surface area contributed by atoms with Gasteiger partial charge in [0.15, 0.2) is 17.5 Å². The van der Waals surface area contributed by atoms with E-state index < -0.39 is 17.3 Å². The van der Waals surface area contributed by atoms with Gasteiger partial charge in [0.1, 0.15) is 5.69 Å². The van der Waals surface area contributed by atoms with Gasteiger partial charge in [0.2, 0.25) is 5.75 Å². The van der Waals surface area contributed by atoms with Crippen molar-refractivity contribution in [3.63, 3.8) is 0 Å². The molecule has 0 fully saturated rings. The molecule has 0 radical (unpaired) electrons. The number of H-pyrrole nitrogens is 3. The predicted octanol–water partition coefficient (Wildman–Crippen LogP) is 2.50. The Balaban J connectivity index is 1.72. The Morgan fingerprint density at radius 1 is 1.17 bits per heavy atom. The number of benzene rings is 1. The molecule has 0 aliphatic carbocycles. The molecule has 30 heavy (non-hydrogen) atoms. The summed E-state index contributed by atoms with van der Waals surface area (Å²) in [5.74, 6) is 0.602. The minimum Gasteiger partial charge on any atom is -0.402 e. The van der Waals surface area contributed by atoms with E-state index in [-0.39, 0.29) is 40.4 Å². The van der Waals surface area contributed by atoms with Crippen molar-refractivity contribution >= 4 is 22.5 Å². The predicted molar refractivity (Wildman–Crippen MR) is 99.0 cm³/mol. The smallest absolute Gasteiger partial charge is 0.402 e. The molecule has 154 valence electrons. The van der Waals surface area contributed by atoms with Gasteiger partial charge in [-0.1, -0.05) is 0 Å². The molecule has 4 heterocycles. The fraction of sp³-hybridized carbons (Fsp3) is 0.176. The van der Waals surface area contributed by atoms with Gasteiger partial charge in [0, 0.05) is 17.3 Å². The third kappa shape index (κ3) is 2.95. The Morgan fingerprint density at radius 2 is 2.00 bits per heavy atom. The zero-order chi connectivity index (χ0) is 21.0. The number of alkyl halides is 3. The van der Waals surface area contributed by atoms with Crippen LogP contribution in [0, 0.1) is 6.92 Å². The second kappa shape index (κ2) is 6.32. The molecule has 0 spiro atoms. The van der Waals surface area contributed by atoms with Crippen LogP contribution in [0.1, 0.15) is 17.0 Å². The maximum Gasteiger partial charge on any atom is 0.417 e. The minimum atomic E-state index is -4.69. The van der Waals surface area contributed by atoms with Gasteiger partial charge in [-0.15, -0.1) is 0 Å². The molecule has 0 saturated heterocycles. The summed E-state index contributed by atoms with van der Waals surface area (Å²) in [7, 11) is 0. The first-order chi connectivity index (χ1) is 14.3.